The molecule has 1 unspecified atom stereocenters. The fourth-order valence-corrected chi connectivity index (χ4v) is 5.12. The van der Waals surface area contributed by atoms with Crippen molar-refractivity contribution in [2.75, 3.05) is 5.32 Å². The van der Waals surface area contributed by atoms with E-state index >= 15 is 0 Å². The Morgan fingerprint density at radius 2 is 1.93 bits per heavy atom. The molecule has 1 aromatic heterocycles. The Balaban J connectivity index is 2.02. The summed E-state index contributed by atoms with van der Waals surface area (Å²) >= 11 is 13.6. The van der Waals surface area contributed by atoms with Crippen LogP contribution in [0.4, 0.5) is 5.82 Å². The molecule has 2 aromatic carbocycles. The maximum Gasteiger partial charge on any atom is 0.167 e. The summed E-state index contributed by atoms with van der Waals surface area (Å²) in [6.07, 6.45) is 0. The standard InChI is InChI=1S/C20H15ClN4S2/c1-11-6-2-5-9-15(11)25-19-17(27-20(25)26)16(13(10-22)18(23)24-19)12-7-3-4-8-14(12)21/h2-9,16,24H,23H2,1H3. The van der Waals surface area contributed by atoms with Gasteiger partial charge in [0, 0.05) is 5.02 Å². The second kappa shape index (κ2) is 6.86. The first-order valence-electron chi connectivity index (χ1n) is 8.26. The average Bonchev–Trinajstić information content (AvgIpc) is 2.97. The molecule has 4 rings (SSSR count). The number of aryl methyl sites for hydroxylation is 1. The normalized spacial score (nSPS) is 15.8. The number of anilines is 1. The predicted molar refractivity (Wildman–Crippen MR) is 113 cm³/mol. The van der Waals surface area contributed by atoms with Crippen LogP contribution in [0.3, 0.4) is 0 Å². The zero-order valence-corrected chi connectivity index (χ0v) is 16.8. The van der Waals surface area contributed by atoms with Gasteiger partial charge in [0.05, 0.1) is 28.1 Å². The summed E-state index contributed by atoms with van der Waals surface area (Å²) in [5, 5.41) is 13.5. The molecule has 0 spiro atoms. The molecule has 0 saturated heterocycles. The van der Waals surface area contributed by atoms with Crippen molar-refractivity contribution in [1.29, 1.82) is 5.26 Å². The molecule has 27 heavy (non-hydrogen) atoms. The van der Waals surface area contributed by atoms with Gasteiger partial charge in [-0.25, -0.2) is 0 Å². The van der Waals surface area contributed by atoms with Gasteiger partial charge in [0.15, 0.2) is 3.95 Å². The van der Waals surface area contributed by atoms with Gasteiger partial charge in [0.25, 0.3) is 0 Å². The third-order valence-electron chi connectivity index (χ3n) is 4.62. The monoisotopic (exact) mass is 410 g/mol. The molecule has 0 radical (unpaired) electrons. The van der Waals surface area contributed by atoms with E-state index in [1.165, 1.54) is 11.3 Å². The molecule has 1 aliphatic rings. The molecule has 0 amide bonds. The number of aromatic nitrogens is 1. The Bertz CT molecular complexity index is 1180. The van der Waals surface area contributed by atoms with Crippen molar-refractivity contribution in [1.82, 2.24) is 4.57 Å². The molecule has 0 aliphatic carbocycles. The van der Waals surface area contributed by atoms with Crippen LogP contribution < -0.4 is 11.1 Å². The lowest BCUT2D eigenvalue weighted by Gasteiger charge is -2.26. The van der Waals surface area contributed by atoms with Gasteiger partial charge in [-0.05, 0) is 42.4 Å². The van der Waals surface area contributed by atoms with E-state index < -0.39 is 0 Å². The van der Waals surface area contributed by atoms with E-state index in [-0.39, 0.29) is 5.92 Å². The summed E-state index contributed by atoms with van der Waals surface area (Å²) in [6, 6.07) is 17.8. The van der Waals surface area contributed by atoms with Crippen molar-refractivity contribution in [3.63, 3.8) is 0 Å². The Kier molecular flexibility index (Phi) is 4.52. The molecule has 0 saturated carbocycles. The van der Waals surface area contributed by atoms with E-state index in [0.29, 0.717) is 20.4 Å². The molecule has 134 valence electrons. The number of hydrogen-bond donors (Lipinski definition) is 2. The number of para-hydroxylation sites is 1. The number of hydrogen-bond acceptors (Lipinski definition) is 5. The minimum absolute atomic E-state index is 0.324. The molecular weight excluding hydrogens is 396 g/mol. The average molecular weight is 411 g/mol. The van der Waals surface area contributed by atoms with Crippen LogP contribution in [-0.4, -0.2) is 4.57 Å². The molecule has 0 bridgehead atoms. The topological polar surface area (TPSA) is 66.8 Å². The fraction of sp³-hybridized carbons (Fsp3) is 0.100. The van der Waals surface area contributed by atoms with Crippen molar-refractivity contribution in [3.05, 3.63) is 84.9 Å². The Morgan fingerprint density at radius 1 is 1.22 bits per heavy atom. The van der Waals surface area contributed by atoms with Crippen molar-refractivity contribution in [2.24, 2.45) is 5.73 Å². The number of thiazole rings is 1. The number of fused-ring (bicyclic) bond motifs is 1. The lowest BCUT2D eigenvalue weighted by atomic mass is 9.88. The summed E-state index contributed by atoms with van der Waals surface area (Å²) in [5.74, 6) is 0.766. The Hall–Kier alpha value is -2.59. The number of allylic oxidation sites excluding steroid dienone is 1. The molecule has 3 aromatic rings. The maximum atomic E-state index is 9.75. The first-order chi connectivity index (χ1) is 13.0. The largest absolute Gasteiger partial charge is 0.384 e. The van der Waals surface area contributed by atoms with Gasteiger partial charge in [-0.15, -0.1) is 11.3 Å². The second-order valence-electron chi connectivity index (χ2n) is 6.22. The molecule has 7 heteroatoms. The number of halogens is 1. The first-order valence-corrected chi connectivity index (χ1v) is 9.86. The van der Waals surface area contributed by atoms with Gasteiger partial charge in [-0.2, -0.15) is 5.26 Å². The Morgan fingerprint density at radius 3 is 2.63 bits per heavy atom. The summed E-state index contributed by atoms with van der Waals surface area (Å²) in [7, 11) is 0. The lowest BCUT2D eigenvalue weighted by Crippen LogP contribution is -2.24. The van der Waals surface area contributed by atoms with Gasteiger partial charge in [0.1, 0.15) is 11.6 Å². The predicted octanol–water partition coefficient (Wildman–Crippen LogP) is 5.48. The maximum absolute atomic E-state index is 9.75. The van der Waals surface area contributed by atoms with Gasteiger partial charge in [-0.3, -0.25) is 4.57 Å². The highest BCUT2D eigenvalue weighted by Crippen LogP contribution is 2.46. The number of nitrogens with two attached hydrogens (primary N) is 1. The van der Waals surface area contributed by atoms with E-state index in [0.717, 1.165) is 27.5 Å². The number of nitrogens with one attached hydrogen (secondary N) is 1. The molecule has 4 nitrogen and oxygen atoms in total. The Labute approximate surface area is 171 Å². The molecule has 2 heterocycles. The number of nitrogens with zero attached hydrogens (tertiary/aromatic N) is 2. The highest BCUT2D eigenvalue weighted by Gasteiger charge is 2.34. The molecular formula is C20H15ClN4S2. The van der Waals surface area contributed by atoms with Crippen LogP contribution in [0.25, 0.3) is 5.69 Å². The third-order valence-corrected chi connectivity index (χ3v) is 6.41. The summed E-state index contributed by atoms with van der Waals surface area (Å²) in [6.45, 7) is 2.04. The minimum atomic E-state index is -0.350. The third kappa shape index (κ3) is 2.85. The van der Waals surface area contributed by atoms with Crippen LogP contribution in [0.2, 0.25) is 5.02 Å². The number of benzene rings is 2. The van der Waals surface area contributed by atoms with E-state index in [9.17, 15) is 5.26 Å². The fourth-order valence-electron chi connectivity index (χ4n) is 3.35. The van der Waals surface area contributed by atoms with Gasteiger partial charge in [-0.1, -0.05) is 48.0 Å². The van der Waals surface area contributed by atoms with Crippen LogP contribution >= 0.6 is 35.2 Å². The van der Waals surface area contributed by atoms with Crippen LogP contribution in [0.15, 0.2) is 59.9 Å². The highest BCUT2D eigenvalue weighted by molar-refractivity contribution is 7.73. The highest BCUT2D eigenvalue weighted by atomic mass is 35.5. The molecule has 1 aliphatic heterocycles. The van der Waals surface area contributed by atoms with Crippen LogP contribution in [-0.2, 0) is 0 Å². The van der Waals surface area contributed by atoms with Crippen molar-refractivity contribution < 1.29 is 0 Å². The second-order valence-corrected chi connectivity index (χ2v) is 8.30. The summed E-state index contributed by atoms with van der Waals surface area (Å²) < 4.78 is 2.67. The van der Waals surface area contributed by atoms with Gasteiger partial charge >= 0.3 is 0 Å². The zero-order valence-electron chi connectivity index (χ0n) is 14.4. The van der Waals surface area contributed by atoms with Gasteiger partial charge in [0.2, 0.25) is 0 Å². The van der Waals surface area contributed by atoms with E-state index in [2.05, 4.69) is 11.4 Å². The van der Waals surface area contributed by atoms with Crippen molar-refractivity contribution >= 4 is 41.0 Å². The first kappa shape index (κ1) is 17.8. The van der Waals surface area contributed by atoms with Crippen molar-refractivity contribution in [3.8, 4) is 11.8 Å². The number of rotatable bonds is 2. The minimum Gasteiger partial charge on any atom is -0.384 e. The smallest absolute Gasteiger partial charge is 0.167 e. The van der Waals surface area contributed by atoms with Gasteiger partial charge < -0.3 is 11.1 Å². The zero-order chi connectivity index (χ0) is 19.1. The van der Waals surface area contributed by atoms with E-state index in [1.807, 2.05) is 60.0 Å². The van der Waals surface area contributed by atoms with E-state index in [4.69, 9.17) is 29.6 Å². The van der Waals surface area contributed by atoms with Crippen LogP contribution in [0.1, 0.15) is 21.9 Å². The van der Waals surface area contributed by atoms with Crippen molar-refractivity contribution in [2.45, 2.75) is 12.8 Å². The summed E-state index contributed by atoms with van der Waals surface area (Å²) in [4.78, 5) is 0.933. The summed E-state index contributed by atoms with van der Waals surface area (Å²) in [5.41, 5.74) is 9.61. The SMILES string of the molecule is Cc1ccccc1-n1c2c(sc1=S)C(c1ccccc1Cl)C(C#N)=C(N)N2. The molecule has 1 atom stereocenters. The molecule has 0 fully saturated rings. The van der Waals surface area contributed by atoms with E-state index in [1.54, 1.807) is 0 Å². The number of nitriles is 1. The lowest BCUT2D eigenvalue weighted by molar-refractivity contribution is 0.921. The molecule has 3 N–H and O–H groups in total. The van der Waals surface area contributed by atoms with Crippen LogP contribution in [0, 0.1) is 22.2 Å². The van der Waals surface area contributed by atoms with Crippen LogP contribution in [0.5, 0.6) is 0 Å². The quantitative estimate of drug-likeness (QED) is 0.549.